The van der Waals surface area contributed by atoms with Gasteiger partial charge in [-0.25, -0.2) is 4.79 Å². The first-order valence-electron chi connectivity index (χ1n) is 33.6. The molecule has 1 aliphatic rings. The highest BCUT2D eigenvalue weighted by Gasteiger charge is 2.84. The predicted octanol–water partition coefficient (Wildman–Crippen LogP) is 22.2. The fourth-order valence-corrected chi connectivity index (χ4v) is 9.42. The van der Waals surface area contributed by atoms with Crippen molar-refractivity contribution in [3.63, 3.8) is 0 Å². The standard InChI is InChI=1S/C30H33F18NO6.C29H26F18N2O9.C4H11N/c1-4-5-6-9-21(50)55-22(16(2)3)17-14-19(53-12-7-10-23(31,32)25(35,36)27(39,40)29(43,44)45)20(15-18(17)49(51)52)54-13-8-11-24(33,34)26(37,38)28(41,42)30(46,47)48;1-13(2)20(57-21(52)58-48-18(50)5-6-19(48)51)14-11-16(55-9-3-7-22(30,31)24(34,35)26(38,39)28(42,43)44)17(12-15(14)49(53)54)56-10-4-8-23(32,33)25(36,37)27(40,41)29(45,46)47;1-2-3-4-5/h14-16,22H,4-13H2,1-3H3;11-13,20H,3-10H2,1-2H3;2-5H2,1H3. The number of esters is 1. The summed E-state index contributed by atoms with van der Waals surface area (Å²) in [7, 11) is 0. The lowest BCUT2D eigenvalue weighted by Gasteiger charge is -2.33. The van der Waals surface area contributed by atoms with Crippen molar-refractivity contribution in [2.75, 3.05) is 33.0 Å². The molecule has 0 aromatic heterocycles. The Balaban J connectivity index is 0.00000112. The number of unbranched alkanes of at least 4 members (excludes halogenated alkanes) is 3. The monoisotopic (exact) mass is 1810 g/mol. The maximum Gasteiger partial charge on any atom is 0.534 e. The second-order valence-corrected chi connectivity index (χ2v) is 25.9. The normalized spacial score (nSPS) is 14.9. The number of halogens is 36. The highest BCUT2D eigenvalue weighted by molar-refractivity contribution is 6.01. The molecule has 2 atom stereocenters. The number of amides is 2. The minimum Gasteiger partial charge on any atom is -0.490 e. The number of hydrogen-bond donors (Lipinski definition) is 1. The molecule has 1 fully saturated rings. The zero-order valence-electron chi connectivity index (χ0n) is 61.1. The molecule has 1 saturated heterocycles. The zero-order valence-corrected chi connectivity index (χ0v) is 61.1. The molecule has 118 heavy (non-hydrogen) atoms. The van der Waals surface area contributed by atoms with E-state index in [0.29, 0.717) is 37.5 Å². The van der Waals surface area contributed by atoms with Gasteiger partial charge in [0.05, 0.1) is 59.5 Å². The number of alkyl halides is 36. The van der Waals surface area contributed by atoms with Crippen molar-refractivity contribution in [1.29, 1.82) is 0 Å². The third-order valence-corrected chi connectivity index (χ3v) is 16.0. The summed E-state index contributed by atoms with van der Waals surface area (Å²) in [5.74, 6) is -90.5. The maximum atomic E-state index is 14.1. The maximum absolute atomic E-state index is 14.1. The van der Waals surface area contributed by atoms with E-state index in [2.05, 4.69) is 11.8 Å². The van der Waals surface area contributed by atoms with Crippen LogP contribution in [0.25, 0.3) is 0 Å². The Morgan fingerprint density at radius 2 is 0.653 bits per heavy atom. The molecule has 2 aromatic rings. The van der Waals surface area contributed by atoms with Gasteiger partial charge in [0, 0.05) is 44.9 Å². The van der Waals surface area contributed by atoms with Crippen LogP contribution in [0, 0.1) is 32.1 Å². The number of nitro groups is 2. The molecule has 2 aromatic carbocycles. The molecule has 2 amide bonds. The Kier molecular flexibility index (Phi) is 36.9. The number of rotatable bonds is 43. The van der Waals surface area contributed by atoms with E-state index in [1.165, 1.54) is 40.5 Å². The van der Waals surface area contributed by atoms with E-state index in [1.807, 2.05) is 0 Å². The molecule has 684 valence electrons. The molecular weight excluding hydrogens is 1740 g/mol. The van der Waals surface area contributed by atoms with Crippen molar-refractivity contribution < 1.29 is 220 Å². The van der Waals surface area contributed by atoms with Gasteiger partial charge in [-0.3, -0.25) is 39.4 Å². The van der Waals surface area contributed by atoms with Crippen LogP contribution in [-0.2, 0) is 28.7 Å². The number of nitrogens with zero attached hydrogens (tertiary/aromatic N) is 3. The van der Waals surface area contributed by atoms with Gasteiger partial charge in [0.15, 0.2) is 23.0 Å². The fraction of sp³-hybridized carbons (Fsp3) is 0.746. The van der Waals surface area contributed by atoms with Crippen LogP contribution in [0.2, 0.25) is 0 Å². The highest BCUT2D eigenvalue weighted by atomic mass is 19.5. The third kappa shape index (κ3) is 25.4. The van der Waals surface area contributed by atoms with Gasteiger partial charge in [-0.15, -0.1) is 0 Å². The van der Waals surface area contributed by atoms with Crippen molar-refractivity contribution in [2.45, 2.75) is 252 Å². The minimum atomic E-state index is -7.27. The van der Waals surface area contributed by atoms with Gasteiger partial charge < -0.3 is 34.2 Å². The van der Waals surface area contributed by atoms with Crippen LogP contribution < -0.4 is 24.7 Å². The summed E-state index contributed by atoms with van der Waals surface area (Å²) in [6.07, 6.45) is -47.0. The van der Waals surface area contributed by atoms with Gasteiger partial charge in [0.1, 0.15) is 12.2 Å². The number of carbonyl (C=O) groups excluding carboxylic acids is 4. The SMILES string of the molecule is CC(C)C(OC(=O)ON1C(=O)CCC1=O)c1cc(OCCCC(F)(F)C(F)(F)C(F)(F)C(F)(F)F)c(OCCCC(F)(F)C(F)(F)C(F)(F)C(F)(F)F)cc1[N+](=O)[O-].CCCCCC(=O)OC(c1cc(OCCCC(F)(F)C(F)(F)C(F)(F)C(F)(F)F)c(OCCCC(F)(F)C(F)(F)C(F)(F)C(F)(F)F)cc1[N+](=O)[O-])C(C)C.CCCCN. The molecule has 0 bridgehead atoms. The lowest BCUT2D eigenvalue weighted by atomic mass is 9.96. The van der Waals surface area contributed by atoms with E-state index in [-0.39, 0.29) is 17.6 Å². The predicted molar refractivity (Wildman–Crippen MR) is 327 cm³/mol. The van der Waals surface area contributed by atoms with Crippen LogP contribution >= 0.6 is 0 Å². The third-order valence-electron chi connectivity index (χ3n) is 16.0. The van der Waals surface area contributed by atoms with E-state index < -0.39 is 290 Å². The van der Waals surface area contributed by atoms with Crippen molar-refractivity contribution in [2.24, 2.45) is 17.6 Å². The molecule has 3 rings (SSSR count). The summed E-state index contributed by atoms with van der Waals surface area (Å²) in [6, 6.07) is 1.67. The number of carbonyl (C=O) groups is 4. The minimum absolute atomic E-state index is 0.0346. The Morgan fingerprint density at radius 1 is 0.398 bits per heavy atom. The first-order chi connectivity index (χ1) is 53.0. The quantitative estimate of drug-likeness (QED) is 0.0162. The summed E-state index contributed by atoms with van der Waals surface area (Å²) in [5, 5.41) is 24.0. The average Bonchev–Trinajstić information content (AvgIpc) is 0.779. The molecular formula is C63H70F36N4O15. The van der Waals surface area contributed by atoms with Crippen molar-refractivity contribution in [3.05, 3.63) is 55.6 Å². The number of hydroxylamine groups is 2. The first-order valence-corrected chi connectivity index (χ1v) is 33.6. The molecule has 0 radical (unpaired) electrons. The highest BCUT2D eigenvalue weighted by Crippen LogP contribution is 2.59. The number of hydrogen-bond acceptors (Lipinski definition) is 16. The number of ether oxygens (including phenoxy) is 6. The average molecular weight is 1810 g/mol. The van der Waals surface area contributed by atoms with Crippen LogP contribution in [0.3, 0.4) is 0 Å². The molecule has 55 heteroatoms. The van der Waals surface area contributed by atoms with E-state index in [1.54, 1.807) is 6.92 Å². The topological polar surface area (TPSA) is 248 Å². The largest absolute Gasteiger partial charge is 0.534 e. The molecule has 19 nitrogen and oxygen atoms in total. The number of nitrogens with two attached hydrogens (primary N) is 1. The number of benzene rings is 2. The van der Waals surface area contributed by atoms with Gasteiger partial charge >= 0.3 is 108 Å². The second-order valence-electron chi connectivity index (χ2n) is 25.9. The zero-order chi connectivity index (χ0) is 92.6. The van der Waals surface area contributed by atoms with E-state index in [4.69, 9.17) is 34.2 Å². The summed E-state index contributed by atoms with van der Waals surface area (Å²) in [5.41, 5.74) is 1.52. The van der Waals surface area contributed by atoms with Crippen LogP contribution in [0.1, 0.15) is 168 Å². The van der Waals surface area contributed by atoms with Crippen LogP contribution in [-0.4, -0.2) is 168 Å². The van der Waals surface area contributed by atoms with E-state index in [9.17, 15) is 197 Å². The summed E-state index contributed by atoms with van der Waals surface area (Å²) >= 11 is 0. The molecule has 0 spiro atoms. The van der Waals surface area contributed by atoms with Crippen molar-refractivity contribution in [1.82, 2.24) is 5.06 Å². The van der Waals surface area contributed by atoms with Gasteiger partial charge in [-0.2, -0.15) is 158 Å². The molecule has 0 aliphatic carbocycles. The fourth-order valence-electron chi connectivity index (χ4n) is 9.42. The van der Waals surface area contributed by atoms with E-state index >= 15 is 0 Å². The smallest absolute Gasteiger partial charge is 0.490 e. The van der Waals surface area contributed by atoms with Crippen molar-refractivity contribution >= 4 is 35.3 Å². The molecule has 1 heterocycles. The van der Waals surface area contributed by atoms with Crippen LogP contribution in [0.5, 0.6) is 23.0 Å². The van der Waals surface area contributed by atoms with Crippen molar-refractivity contribution in [3.8, 4) is 23.0 Å². The van der Waals surface area contributed by atoms with Gasteiger partial charge in [-0.05, 0) is 69.0 Å². The van der Waals surface area contributed by atoms with Gasteiger partial charge in [0.25, 0.3) is 23.2 Å². The second kappa shape index (κ2) is 40.4. The molecule has 2 unspecified atom stereocenters. The lowest BCUT2D eigenvalue weighted by molar-refractivity contribution is -0.396. The van der Waals surface area contributed by atoms with Crippen LogP contribution in [0.15, 0.2) is 24.3 Å². The molecule has 2 N–H and O–H groups in total. The lowest BCUT2D eigenvalue weighted by Crippen LogP contribution is -2.60. The summed E-state index contributed by atoms with van der Waals surface area (Å²) < 4.78 is 507. The molecule has 0 saturated carbocycles. The first kappa shape index (κ1) is 108. The molecule has 1 aliphatic heterocycles. The van der Waals surface area contributed by atoms with Crippen LogP contribution in [0.4, 0.5) is 174 Å². The Hall–Kier alpha value is -8.24. The Labute approximate surface area is 641 Å². The number of imide groups is 1. The Morgan fingerprint density at radius 3 is 0.873 bits per heavy atom. The van der Waals surface area contributed by atoms with Gasteiger partial charge in [-0.1, -0.05) is 65.9 Å². The summed E-state index contributed by atoms with van der Waals surface area (Å²) in [6.45, 7) is 4.34. The Bertz CT molecular complexity index is 3630. The van der Waals surface area contributed by atoms with E-state index in [0.717, 1.165) is 6.54 Å². The summed E-state index contributed by atoms with van der Waals surface area (Å²) in [4.78, 5) is 74.6. The number of nitro benzene ring substituents is 2. The van der Waals surface area contributed by atoms with Gasteiger partial charge in [0.2, 0.25) is 0 Å².